The maximum Gasteiger partial charge on any atom is 0.274 e. The lowest BCUT2D eigenvalue weighted by atomic mass is 10.3. The molecule has 3 heterocycles. The summed E-state index contributed by atoms with van der Waals surface area (Å²) in [7, 11) is 1.66. The second-order valence-electron chi connectivity index (χ2n) is 5.46. The molecular formula is C16H13FN6O. The Morgan fingerprint density at radius 2 is 2.25 bits per heavy atom. The minimum atomic E-state index is -0.334. The third-order valence-corrected chi connectivity index (χ3v) is 3.68. The van der Waals surface area contributed by atoms with Gasteiger partial charge in [-0.15, -0.1) is 0 Å². The molecule has 3 aromatic heterocycles. The van der Waals surface area contributed by atoms with Crippen molar-refractivity contribution < 1.29 is 9.18 Å². The van der Waals surface area contributed by atoms with E-state index in [1.54, 1.807) is 42.2 Å². The fourth-order valence-electron chi connectivity index (χ4n) is 2.54. The molecule has 8 heteroatoms. The summed E-state index contributed by atoms with van der Waals surface area (Å²) in [5.74, 6) is -0.000178. The fraction of sp³-hybridized carbons (Fsp3) is 0.125. The van der Waals surface area contributed by atoms with Crippen LogP contribution in [0.15, 0.2) is 42.7 Å². The molecule has 0 aliphatic carbocycles. The molecule has 1 amide bonds. The monoisotopic (exact) mass is 324 g/mol. The maximum atomic E-state index is 13.2. The standard InChI is InChI=1S/C16H13FN6O/c1-22(9-14-19-11-4-3-10(17)7-12(11)20-14)16(24)13-8-15-18-5-2-6-23(15)21-13/h2-8H,9H2,1H3,(H,19,20). The number of hydrogen-bond donors (Lipinski definition) is 1. The van der Waals surface area contributed by atoms with Crippen molar-refractivity contribution in [1.29, 1.82) is 0 Å². The van der Waals surface area contributed by atoms with Gasteiger partial charge in [-0.3, -0.25) is 4.79 Å². The third-order valence-electron chi connectivity index (χ3n) is 3.68. The Bertz CT molecular complexity index is 1020. The summed E-state index contributed by atoms with van der Waals surface area (Å²) in [6.07, 6.45) is 3.37. The summed E-state index contributed by atoms with van der Waals surface area (Å²) in [4.78, 5) is 25.5. The van der Waals surface area contributed by atoms with Gasteiger partial charge in [-0.05, 0) is 24.3 Å². The van der Waals surface area contributed by atoms with E-state index in [1.807, 2.05) is 0 Å². The zero-order valence-electron chi connectivity index (χ0n) is 12.8. The van der Waals surface area contributed by atoms with E-state index in [9.17, 15) is 9.18 Å². The summed E-state index contributed by atoms with van der Waals surface area (Å²) in [6, 6.07) is 7.70. The summed E-state index contributed by atoms with van der Waals surface area (Å²) in [5, 5.41) is 4.21. The molecule has 0 spiro atoms. The highest BCUT2D eigenvalue weighted by molar-refractivity contribution is 5.93. The molecule has 0 bridgehead atoms. The lowest BCUT2D eigenvalue weighted by Crippen LogP contribution is -2.27. The first-order valence-corrected chi connectivity index (χ1v) is 7.30. The molecule has 7 nitrogen and oxygen atoms in total. The average Bonchev–Trinajstić information content (AvgIpc) is 3.16. The van der Waals surface area contributed by atoms with Crippen molar-refractivity contribution in [3.05, 3.63) is 60.1 Å². The number of benzene rings is 1. The highest BCUT2D eigenvalue weighted by Crippen LogP contribution is 2.14. The van der Waals surface area contributed by atoms with E-state index in [2.05, 4.69) is 20.1 Å². The van der Waals surface area contributed by atoms with Crippen molar-refractivity contribution in [3.63, 3.8) is 0 Å². The number of aromatic amines is 1. The van der Waals surface area contributed by atoms with Gasteiger partial charge in [0.1, 0.15) is 11.6 Å². The lowest BCUT2D eigenvalue weighted by molar-refractivity contribution is 0.0776. The van der Waals surface area contributed by atoms with Crippen LogP contribution in [-0.2, 0) is 6.54 Å². The second kappa shape index (κ2) is 5.41. The largest absolute Gasteiger partial charge is 0.340 e. The maximum absolute atomic E-state index is 13.2. The lowest BCUT2D eigenvalue weighted by Gasteiger charge is -2.13. The van der Waals surface area contributed by atoms with Crippen LogP contribution < -0.4 is 0 Å². The number of hydrogen-bond acceptors (Lipinski definition) is 4. The van der Waals surface area contributed by atoms with E-state index in [4.69, 9.17) is 0 Å². The molecule has 0 aliphatic rings. The molecule has 0 atom stereocenters. The van der Waals surface area contributed by atoms with Crippen LogP contribution >= 0.6 is 0 Å². The summed E-state index contributed by atoms with van der Waals surface area (Å²) < 4.78 is 14.8. The van der Waals surface area contributed by atoms with E-state index in [-0.39, 0.29) is 18.3 Å². The minimum absolute atomic E-state index is 0.243. The van der Waals surface area contributed by atoms with Crippen LogP contribution in [-0.4, -0.2) is 42.4 Å². The Balaban J connectivity index is 1.57. The number of aromatic nitrogens is 5. The normalized spacial score (nSPS) is 11.2. The van der Waals surface area contributed by atoms with Crippen LogP contribution in [0.25, 0.3) is 16.7 Å². The fourth-order valence-corrected chi connectivity index (χ4v) is 2.54. The van der Waals surface area contributed by atoms with Crippen LogP contribution in [0.5, 0.6) is 0 Å². The average molecular weight is 324 g/mol. The van der Waals surface area contributed by atoms with Gasteiger partial charge in [0.25, 0.3) is 5.91 Å². The molecule has 0 saturated carbocycles. The Hall–Kier alpha value is -3.29. The molecule has 1 aromatic carbocycles. The number of amides is 1. The van der Waals surface area contributed by atoms with Gasteiger partial charge in [0.2, 0.25) is 0 Å². The molecule has 120 valence electrons. The van der Waals surface area contributed by atoms with Crippen LogP contribution in [0, 0.1) is 5.82 Å². The van der Waals surface area contributed by atoms with Gasteiger partial charge in [-0.2, -0.15) is 5.10 Å². The highest BCUT2D eigenvalue weighted by Gasteiger charge is 2.17. The molecule has 0 aliphatic heterocycles. The predicted molar refractivity (Wildman–Crippen MR) is 84.8 cm³/mol. The number of imidazole rings is 1. The molecule has 0 radical (unpaired) electrons. The van der Waals surface area contributed by atoms with Crippen molar-refractivity contribution in [3.8, 4) is 0 Å². The third kappa shape index (κ3) is 2.47. The smallest absolute Gasteiger partial charge is 0.274 e. The van der Waals surface area contributed by atoms with Crippen LogP contribution in [0.2, 0.25) is 0 Å². The zero-order chi connectivity index (χ0) is 16.7. The number of carbonyl (C=O) groups excluding carboxylic acids is 1. The summed E-state index contributed by atoms with van der Waals surface area (Å²) >= 11 is 0. The zero-order valence-corrected chi connectivity index (χ0v) is 12.8. The number of fused-ring (bicyclic) bond motifs is 2. The summed E-state index contributed by atoms with van der Waals surface area (Å²) in [6.45, 7) is 0.260. The highest BCUT2D eigenvalue weighted by atomic mass is 19.1. The van der Waals surface area contributed by atoms with Gasteiger partial charge in [-0.1, -0.05) is 0 Å². The van der Waals surface area contributed by atoms with Gasteiger partial charge in [0, 0.05) is 25.5 Å². The van der Waals surface area contributed by atoms with Crippen LogP contribution in [0.1, 0.15) is 16.3 Å². The molecule has 1 N–H and O–H groups in total. The SMILES string of the molecule is CN(Cc1nc2ccc(F)cc2[nH]1)C(=O)c1cc2ncccn2n1. The van der Waals surface area contributed by atoms with Gasteiger partial charge in [0.15, 0.2) is 11.3 Å². The van der Waals surface area contributed by atoms with Gasteiger partial charge >= 0.3 is 0 Å². The Labute approximate surface area is 135 Å². The molecule has 4 rings (SSSR count). The van der Waals surface area contributed by atoms with E-state index >= 15 is 0 Å². The topological polar surface area (TPSA) is 79.2 Å². The number of halogens is 1. The van der Waals surface area contributed by atoms with Crippen molar-refractivity contribution >= 4 is 22.6 Å². The summed E-state index contributed by atoms with van der Waals surface area (Å²) in [5.41, 5.74) is 2.17. The van der Waals surface area contributed by atoms with Crippen LogP contribution in [0.4, 0.5) is 4.39 Å². The van der Waals surface area contributed by atoms with Gasteiger partial charge < -0.3 is 9.88 Å². The number of carbonyl (C=O) groups is 1. The molecule has 0 saturated heterocycles. The van der Waals surface area contributed by atoms with E-state index in [1.165, 1.54) is 17.0 Å². The van der Waals surface area contributed by atoms with E-state index in [0.717, 1.165) is 0 Å². The molecule has 4 aromatic rings. The number of rotatable bonds is 3. The molecule has 0 fully saturated rings. The minimum Gasteiger partial charge on any atom is -0.340 e. The van der Waals surface area contributed by atoms with Gasteiger partial charge in [-0.25, -0.2) is 18.9 Å². The Morgan fingerprint density at radius 1 is 1.38 bits per heavy atom. The second-order valence-corrected chi connectivity index (χ2v) is 5.46. The number of nitrogens with zero attached hydrogens (tertiary/aromatic N) is 5. The first-order valence-electron chi connectivity index (χ1n) is 7.30. The number of H-pyrrole nitrogens is 1. The van der Waals surface area contributed by atoms with Crippen LogP contribution in [0.3, 0.4) is 0 Å². The van der Waals surface area contributed by atoms with E-state index in [0.29, 0.717) is 28.2 Å². The molecule has 0 unspecified atom stereocenters. The quantitative estimate of drug-likeness (QED) is 0.625. The van der Waals surface area contributed by atoms with Crippen molar-refractivity contribution in [1.82, 2.24) is 29.5 Å². The predicted octanol–water partition coefficient (Wildman–Crippen LogP) is 2.02. The van der Waals surface area contributed by atoms with Crippen molar-refractivity contribution in [2.75, 3.05) is 7.05 Å². The first kappa shape index (κ1) is 14.3. The first-order chi connectivity index (χ1) is 11.6. The Kier molecular flexibility index (Phi) is 3.23. The Morgan fingerprint density at radius 3 is 3.08 bits per heavy atom. The molecular weight excluding hydrogens is 311 g/mol. The van der Waals surface area contributed by atoms with E-state index < -0.39 is 0 Å². The van der Waals surface area contributed by atoms with Crippen molar-refractivity contribution in [2.24, 2.45) is 0 Å². The van der Waals surface area contributed by atoms with Crippen molar-refractivity contribution in [2.45, 2.75) is 6.54 Å². The molecule has 24 heavy (non-hydrogen) atoms. The number of nitrogens with one attached hydrogen (secondary N) is 1. The van der Waals surface area contributed by atoms with Gasteiger partial charge in [0.05, 0.1) is 17.6 Å².